The van der Waals surface area contributed by atoms with Crippen LogP contribution in [0, 0.1) is 5.92 Å². The summed E-state index contributed by atoms with van der Waals surface area (Å²) in [6.07, 6.45) is 2.03. The van der Waals surface area contributed by atoms with Crippen molar-refractivity contribution in [2.75, 3.05) is 13.7 Å². The Kier molecular flexibility index (Phi) is 5.15. The van der Waals surface area contributed by atoms with E-state index in [-0.39, 0.29) is 6.04 Å². The average molecular weight is 213 g/mol. The molecular weight excluding hydrogens is 194 g/mol. The van der Waals surface area contributed by atoms with Crippen LogP contribution in [-0.4, -0.2) is 19.8 Å². The van der Waals surface area contributed by atoms with Crippen LogP contribution in [0.2, 0.25) is 0 Å². The highest BCUT2D eigenvalue weighted by Gasteiger charge is 2.13. The molecule has 0 fully saturated rings. The summed E-state index contributed by atoms with van der Waals surface area (Å²) in [7, 11) is 1.73. The molecule has 2 N–H and O–H groups in total. The first-order valence-corrected chi connectivity index (χ1v) is 5.89. The van der Waals surface area contributed by atoms with Gasteiger partial charge >= 0.3 is 0 Å². The lowest BCUT2D eigenvalue weighted by molar-refractivity contribution is 0.174. The van der Waals surface area contributed by atoms with Gasteiger partial charge in [0.2, 0.25) is 0 Å². The van der Waals surface area contributed by atoms with Crippen molar-refractivity contribution in [1.29, 1.82) is 0 Å². The lowest BCUT2D eigenvalue weighted by atomic mass is 9.96. The van der Waals surface area contributed by atoms with Crippen LogP contribution in [0.5, 0.6) is 0 Å². The molecule has 80 valence electrons. The van der Waals surface area contributed by atoms with E-state index in [1.807, 2.05) is 0 Å². The van der Waals surface area contributed by atoms with E-state index >= 15 is 0 Å². The van der Waals surface area contributed by atoms with E-state index in [1.165, 1.54) is 4.88 Å². The Morgan fingerprint density at radius 2 is 2.36 bits per heavy atom. The summed E-state index contributed by atoms with van der Waals surface area (Å²) in [5.41, 5.74) is 6.10. The monoisotopic (exact) mass is 213 g/mol. The average Bonchev–Trinajstić information content (AvgIpc) is 2.66. The zero-order valence-electron chi connectivity index (χ0n) is 8.90. The van der Waals surface area contributed by atoms with Crippen molar-refractivity contribution in [2.24, 2.45) is 11.7 Å². The summed E-state index contributed by atoms with van der Waals surface area (Å²) in [6, 6.07) is 4.48. The van der Waals surface area contributed by atoms with Gasteiger partial charge in [0.25, 0.3) is 0 Å². The molecule has 0 aromatic carbocycles. The minimum absolute atomic E-state index is 0.254. The Morgan fingerprint density at radius 3 is 2.93 bits per heavy atom. The van der Waals surface area contributed by atoms with E-state index in [4.69, 9.17) is 10.5 Å². The molecule has 0 spiro atoms. The number of ether oxygens (including phenoxy) is 1. The Labute approximate surface area is 90.1 Å². The van der Waals surface area contributed by atoms with Gasteiger partial charge in [0, 0.05) is 24.6 Å². The molecule has 0 bridgehead atoms. The zero-order valence-corrected chi connectivity index (χ0v) is 9.72. The third-order valence-corrected chi connectivity index (χ3v) is 3.42. The molecule has 0 aliphatic rings. The van der Waals surface area contributed by atoms with Crippen molar-refractivity contribution >= 4 is 11.3 Å². The molecule has 0 aliphatic carbocycles. The Bertz CT molecular complexity index is 235. The van der Waals surface area contributed by atoms with Crippen LogP contribution < -0.4 is 5.73 Å². The highest BCUT2D eigenvalue weighted by atomic mass is 32.1. The molecule has 0 amide bonds. The minimum Gasteiger partial charge on any atom is -0.385 e. The molecule has 0 saturated heterocycles. The fraction of sp³-hybridized carbons (Fsp3) is 0.636. The van der Waals surface area contributed by atoms with Crippen LogP contribution in [-0.2, 0) is 11.2 Å². The second kappa shape index (κ2) is 6.17. The van der Waals surface area contributed by atoms with Crippen LogP contribution in [0.3, 0.4) is 0 Å². The SMILES string of the molecule is COCCC(C)C(N)Cc1cccs1. The van der Waals surface area contributed by atoms with Gasteiger partial charge < -0.3 is 10.5 Å². The van der Waals surface area contributed by atoms with Crippen LogP contribution in [0.25, 0.3) is 0 Å². The van der Waals surface area contributed by atoms with Crippen molar-refractivity contribution in [3.63, 3.8) is 0 Å². The normalized spacial score (nSPS) is 15.4. The first-order valence-electron chi connectivity index (χ1n) is 5.01. The minimum atomic E-state index is 0.254. The Morgan fingerprint density at radius 1 is 1.57 bits per heavy atom. The number of rotatable bonds is 6. The Balaban J connectivity index is 2.30. The topological polar surface area (TPSA) is 35.2 Å². The van der Waals surface area contributed by atoms with Gasteiger partial charge in [-0.15, -0.1) is 11.3 Å². The maximum Gasteiger partial charge on any atom is 0.0465 e. The van der Waals surface area contributed by atoms with Crippen molar-refractivity contribution in [3.05, 3.63) is 22.4 Å². The van der Waals surface area contributed by atoms with E-state index in [0.717, 1.165) is 19.4 Å². The largest absolute Gasteiger partial charge is 0.385 e. The molecule has 1 aromatic rings. The summed E-state index contributed by atoms with van der Waals surface area (Å²) >= 11 is 1.78. The van der Waals surface area contributed by atoms with Crippen LogP contribution >= 0.6 is 11.3 Å². The fourth-order valence-electron chi connectivity index (χ4n) is 1.38. The lowest BCUT2D eigenvalue weighted by Crippen LogP contribution is -2.30. The standard InChI is InChI=1S/C11H19NOS/c1-9(5-6-13-2)11(12)8-10-4-3-7-14-10/h3-4,7,9,11H,5-6,8,12H2,1-2H3. The van der Waals surface area contributed by atoms with Gasteiger partial charge in [-0.2, -0.15) is 0 Å². The van der Waals surface area contributed by atoms with Crippen molar-refractivity contribution in [2.45, 2.75) is 25.8 Å². The first kappa shape index (κ1) is 11.7. The van der Waals surface area contributed by atoms with Crippen molar-refractivity contribution in [1.82, 2.24) is 0 Å². The van der Waals surface area contributed by atoms with Gasteiger partial charge in [0.1, 0.15) is 0 Å². The van der Waals surface area contributed by atoms with E-state index in [1.54, 1.807) is 18.4 Å². The predicted octanol–water partition coefficient (Wildman–Crippen LogP) is 2.29. The molecule has 3 heteroatoms. The van der Waals surface area contributed by atoms with Gasteiger partial charge in [-0.05, 0) is 30.2 Å². The molecule has 14 heavy (non-hydrogen) atoms. The molecule has 1 heterocycles. The summed E-state index contributed by atoms with van der Waals surface area (Å²) in [6.45, 7) is 3.00. The zero-order chi connectivity index (χ0) is 10.4. The van der Waals surface area contributed by atoms with Crippen LogP contribution in [0.4, 0.5) is 0 Å². The van der Waals surface area contributed by atoms with E-state index in [0.29, 0.717) is 5.92 Å². The molecule has 2 unspecified atom stereocenters. The predicted molar refractivity (Wildman–Crippen MR) is 61.7 cm³/mol. The van der Waals surface area contributed by atoms with Gasteiger partial charge in [-0.25, -0.2) is 0 Å². The number of hydrogen-bond acceptors (Lipinski definition) is 3. The molecule has 0 radical (unpaired) electrons. The third-order valence-electron chi connectivity index (χ3n) is 2.53. The first-order chi connectivity index (χ1) is 6.74. The second-order valence-corrected chi connectivity index (χ2v) is 4.74. The second-order valence-electron chi connectivity index (χ2n) is 3.71. The van der Waals surface area contributed by atoms with Crippen LogP contribution in [0.1, 0.15) is 18.2 Å². The maximum absolute atomic E-state index is 6.10. The Hall–Kier alpha value is -0.380. The van der Waals surface area contributed by atoms with E-state index < -0.39 is 0 Å². The van der Waals surface area contributed by atoms with Crippen LogP contribution in [0.15, 0.2) is 17.5 Å². The van der Waals surface area contributed by atoms with Crippen molar-refractivity contribution < 1.29 is 4.74 Å². The number of methoxy groups -OCH3 is 1. The fourth-order valence-corrected chi connectivity index (χ4v) is 2.16. The lowest BCUT2D eigenvalue weighted by Gasteiger charge is -2.18. The smallest absolute Gasteiger partial charge is 0.0465 e. The molecule has 1 aromatic heterocycles. The quantitative estimate of drug-likeness (QED) is 0.787. The van der Waals surface area contributed by atoms with Gasteiger partial charge in [0.05, 0.1) is 0 Å². The van der Waals surface area contributed by atoms with Gasteiger partial charge in [-0.3, -0.25) is 0 Å². The molecule has 0 aliphatic heterocycles. The van der Waals surface area contributed by atoms with E-state index in [2.05, 4.69) is 24.4 Å². The molecule has 1 rings (SSSR count). The number of nitrogens with two attached hydrogens (primary N) is 1. The van der Waals surface area contributed by atoms with E-state index in [9.17, 15) is 0 Å². The highest BCUT2D eigenvalue weighted by Crippen LogP contribution is 2.15. The summed E-state index contributed by atoms with van der Waals surface area (Å²) in [5, 5.41) is 2.10. The molecule has 0 saturated carbocycles. The molecule has 2 atom stereocenters. The maximum atomic E-state index is 6.10. The number of hydrogen-bond donors (Lipinski definition) is 1. The van der Waals surface area contributed by atoms with Gasteiger partial charge in [-0.1, -0.05) is 13.0 Å². The summed E-state index contributed by atoms with van der Waals surface area (Å²) in [4.78, 5) is 1.38. The van der Waals surface area contributed by atoms with Crippen molar-refractivity contribution in [3.8, 4) is 0 Å². The van der Waals surface area contributed by atoms with Gasteiger partial charge in [0.15, 0.2) is 0 Å². The summed E-state index contributed by atoms with van der Waals surface area (Å²) < 4.78 is 5.04. The number of thiophene rings is 1. The summed E-state index contributed by atoms with van der Waals surface area (Å²) in [5.74, 6) is 0.525. The highest BCUT2D eigenvalue weighted by molar-refractivity contribution is 7.09. The molecular formula is C11H19NOS. The molecule has 2 nitrogen and oxygen atoms in total. The third kappa shape index (κ3) is 3.78.